The number of aromatic nitrogens is 2. The van der Waals surface area contributed by atoms with Crippen LogP contribution < -0.4 is 15.1 Å². The monoisotopic (exact) mass is 355 g/mol. The van der Waals surface area contributed by atoms with Crippen molar-refractivity contribution in [3.05, 3.63) is 42.4 Å². The lowest BCUT2D eigenvalue weighted by Crippen LogP contribution is -2.36. The third-order valence-corrected chi connectivity index (χ3v) is 4.46. The van der Waals surface area contributed by atoms with Gasteiger partial charge in [-0.15, -0.1) is 0 Å². The number of morpholine rings is 1. The summed E-state index contributed by atoms with van der Waals surface area (Å²) in [5, 5.41) is 2.96. The zero-order chi connectivity index (χ0) is 18.4. The fourth-order valence-electron chi connectivity index (χ4n) is 3.00. The fourth-order valence-corrected chi connectivity index (χ4v) is 3.00. The predicted octanol–water partition coefficient (Wildman–Crippen LogP) is 2.41. The SMILES string of the molecule is CCN(CC)c1cnc(C(=O)Nc2ccccc2N2CCOCC2)cn1. The molecule has 1 amide bonds. The minimum absolute atomic E-state index is 0.260. The molecule has 1 aromatic carbocycles. The molecule has 0 radical (unpaired) electrons. The van der Waals surface area contributed by atoms with Crippen LogP contribution in [0.15, 0.2) is 36.7 Å². The molecule has 7 heteroatoms. The van der Waals surface area contributed by atoms with Crippen LogP contribution in [0.5, 0.6) is 0 Å². The number of hydrogen-bond acceptors (Lipinski definition) is 6. The van der Waals surface area contributed by atoms with E-state index in [1.165, 1.54) is 6.20 Å². The van der Waals surface area contributed by atoms with Crippen molar-refractivity contribution in [3.63, 3.8) is 0 Å². The lowest BCUT2D eigenvalue weighted by atomic mass is 10.2. The minimum atomic E-state index is -0.260. The molecule has 0 atom stereocenters. The number of nitrogens with zero attached hydrogens (tertiary/aromatic N) is 4. The van der Waals surface area contributed by atoms with Crippen molar-refractivity contribution in [2.45, 2.75) is 13.8 Å². The van der Waals surface area contributed by atoms with Crippen molar-refractivity contribution < 1.29 is 9.53 Å². The molecule has 0 spiro atoms. The molecule has 138 valence electrons. The summed E-state index contributed by atoms with van der Waals surface area (Å²) in [6.07, 6.45) is 3.18. The van der Waals surface area contributed by atoms with Crippen LogP contribution in [0.3, 0.4) is 0 Å². The third kappa shape index (κ3) is 4.11. The first-order valence-corrected chi connectivity index (χ1v) is 9.03. The zero-order valence-electron chi connectivity index (χ0n) is 15.3. The molecule has 0 bridgehead atoms. The van der Waals surface area contributed by atoms with Crippen LogP contribution in [-0.2, 0) is 4.74 Å². The van der Waals surface area contributed by atoms with E-state index < -0.39 is 0 Å². The highest BCUT2D eigenvalue weighted by atomic mass is 16.5. The Hall–Kier alpha value is -2.67. The van der Waals surface area contributed by atoms with E-state index >= 15 is 0 Å². The van der Waals surface area contributed by atoms with Crippen LogP contribution in [0.4, 0.5) is 17.2 Å². The number of para-hydroxylation sites is 2. The van der Waals surface area contributed by atoms with Crippen LogP contribution in [0.1, 0.15) is 24.3 Å². The molecule has 1 fully saturated rings. The lowest BCUT2D eigenvalue weighted by molar-refractivity contribution is 0.102. The van der Waals surface area contributed by atoms with E-state index in [4.69, 9.17) is 4.74 Å². The molecular weight excluding hydrogens is 330 g/mol. The topological polar surface area (TPSA) is 70.6 Å². The van der Waals surface area contributed by atoms with Crippen molar-refractivity contribution in [1.29, 1.82) is 0 Å². The van der Waals surface area contributed by atoms with Crippen molar-refractivity contribution in [3.8, 4) is 0 Å². The summed E-state index contributed by atoms with van der Waals surface area (Å²) in [7, 11) is 0. The van der Waals surface area contributed by atoms with Crippen LogP contribution in [0.2, 0.25) is 0 Å². The number of nitrogens with one attached hydrogen (secondary N) is 1. The maximum absolute atomic E-state index is 12.6. The van der Waals surface area contributed by atoms with Gasteiger partial charge in [0.2, 0.25) is 0 Å². The standard InChI is InChI=1S/C19H25N5O2/c1-3-23(4-2)18-14-20-16(13-21-18)19(25)22-15-7-5-6-8-17(15)24-9-11-26-12-10-24/h5-8,13-14H,3-4,9-12H2,1-2H3,(H,22,25). The van der Waals surface area contributed by atoms with Gasteiger partial charge in [0, 0.05) is 26.2 Å². The largest absolute Gasteiger partial charge is 0.378 e. The zero-order valence-corrected chi connectivity index (χ0v) is 15.3. The van der Waals surface area contributed by atoms with Crippen LogP contribution in [0.25, 0.3) is 0 Å². The summed E-state index contributed by atoms with van der Waals surface area (Å²) in [5.74, 6) is 0.518. The molecule has 0 unspecified atom stereocenters. The van der Waals surface area contributed by atoms with Crippen LogP contribution in [-0.4, -0.2) is 55.3 Å². The Morgan fingerprint density at radius 3 is 2.54 bits per heavy atom. The summed E-state index contributed by atoms with van der Waals surface area (Å²) in [6, 6.07) is 7.80. The lowest BCUT2D eigenvalue weighted by Gasteiger charge is -2.30. The Bertz CT molecular complexity index is 725. The molecule has 0 saturated carbocycles. The summed E-state index contributed by atoms with van der Waals surface area (Å²) >= 11 is 0. The third-order valence-electron chi connectivity index (χ3n) is 4.46. The van der Waals surface area contributed by atoms with E-state index in [1.54, 1.807) is 6.20 Å². The number of carbonyl (C=O) groups is 1. The van der Waals surface area contributed by atoms with Gasteiger partial charge in [-0.05, 0) is 26.0 Å². The van der Waals surface area contributed by atoms with E-state index in [-0.39, 0.29) is 5.91 Å². The number of ether oxygens (including phenoxy) is 1. The van der Waals surface area contributed by atoms with Gasteiger partial charge in [-0.3, -0.25) is 4.79 Å². The Morgan fingerprint density at radius 2 is 1.88 bits per heavy atom. The second-order valence-corrected chi connectivity index (χ2v) is 6.00. The normalized spacial score (nSPS) is 14.2. The van der Waals surface area contributed by atoms with E-state index in [0.717, 1.165) is 43.4 Å². The number of rotatable bonds is 6. The molecule has 1 aromatic heterocycles. The first kappa shape index (κ1) is 18.1. The number of anilines is 3. The molecule has 7 nitrogen and oxygen atoms in total. The first-order valence-electron chi connectivity index (χ1n) is 9.03. The molecule has 1 aliphatic rings. The fraction of sp³-hybridized carbons (Fsp3) is 0.421. The molecule has 26 heavy (non-hydrogen) atoms. The number of carbonyl (C=O) groups excluding carboxylic acids is 1. The molecular formula is C19H25N5O2. The smallest absolute Gasteiger partial charge is 0.275 e. The summed E-state index contributed by atoms with van der Waals surface area (Å²) in [4.78, 5) is 25.6. The number of amides is 1. The van der Waals surface area contributed by atoms with Gasteiger partial charge in [0.25, 0.3) is 5.91 Å². The molecule has 1 aliphatic heterocycles. The van der Waals surface area contributed by atoms with Crippen molar-refractivity contribution >= 4 is 23.1 Å². The van der Waals surface area contributed by atoms with Crippen molar-refractivity contribution in [2.24, 2.45) is 0 Å². The van der Waals surface area contributed by atoms with Crippen molar-refractivity contribution in [2.75, 3.05) is 54.5 Å². The Labute approximate surface area is 154 Å². The Kier molecular flexibility index (Phi) is 6.01. The second-order valence-electron chi connectivity index (χ2n) is 6.00. The van der Waals surface area contributed by atoms with Gasteiger partial charge in [-0.2, -0.15) is 0 Å². The highest BCUT2D eigenvalue weighted by Gasteiger charge is 2.17. The van der Waals surface area contributed by atoms with Gasteiger partial charge in [0.05, 0.1) is 37.0 Å². The molecule has 2 aromatic rings. The summed E-state index contributed by atoms with van der Waals surface area (Å²) in [6.45, 7) is 8.84. The van der Waals surface area contributed by atoms with Gasteiger partial charge in [0.15, 0.2) is 0 Å². The molecule has 2 heterocycles. The van der Waals surface area contributed by atoms with E-state index in [1.807, 2.05) is 24.3 Å². The van der Waals surface area contributed by atoms with E-state index in [2.05, 4.69) is 38.9 Å². The molecule has 3 rings (SSSR count). The highest BCUT2D eigenvalue weighted by Crippen LogP contribution is 2.26. The first-order chi connectivity index (χ1) is 12.7. The molecule has 1 N–H and O–H groups in total. The maximum atomic E-state index is 12.6. The predicted molar refractivity (Wildman–Crippen MR) is 103 cm³/mol. The summed E-state index contributed by atoms with van der Waals surface area (Å²) in [5.41, 5.74) is 2.07. The van der Waals surface area contributed by atoms with Gasteiger partial charge >= 0.3 is 0 Å². The second kappa shape index (κ2) is 8.62. The van der Waals surface area contributed by atoms with Crippen molar-refractivity contribution in [1.82, 2.24) is 9.97 Å². The number of hydrogen-bond donors (Lipinski definition) is 1. The highest BCUT2D eigenvalue weighted by molar-refractivity contribution is 6.04. The van der Waals surface area contributed by atoms with Gasteiger partial charge in [-0.1, -0.05) is 12.1 Å². The van der Waals surface area contributed by atoms with E-state index in [9.17, 15) is 4.79 Å². The number of benzene rings is 1. The summed E-state index contributed by atoms with van der Waals surface area (Å²) < 4.78 is 5.41. The average molecular weight is 355 g/mol. The van der Waals surface area contributed by atoms with Gasteiger partial charge in [0.1, 0.15) is 11.5 Å². The average Bonchev–Trinajstić information content (AvgIpc) is 2.70. The van der Waals surface area contributed by atoms with E-state index in [0.29, 0.717) is 18.9 Å². The van der Waals surface area contributed by atoms with Crippen LogP contribution in [0, 0.1) is 0 Å². The quantitative estimate of drug-likeness (QED) is 0.858. The maximum Gasteiger partial charge on any atom is 0.275 e. The Balaban J connectivity index is 1.74. The molecule has 0 aliphatic carbocycles. The van der Waals surface area contributed by atoms with Crippen LogP contribution >= 0.6 is 0 Å². The Morgan fingerprint density at radius 1 is 1.15 bits per heavy atom. The van der Waals surface area contributed by atoms with Gasteiger partial charge < -0.3 is 19.9 Å². The van der Waals surface area contributed by atoms with Gasteiger partial charge in [-0.25, -0.2) is 9.97 Å². The molecule has 1 saturated heterocycles. The minimum Gasteiger partial charge on any atom is -0.378 e.